The zero-order valence-electron chi connectivity index (χ0n) is 14.7. The number of carbonyl (C=O) groups excluding carboxylic acids is 3. The van der Waals surface area contributed by atoms with Crippen molar-refractivity contribution in [2.24, 2.45) is 11.8 Å². The highest BCUT2D eigenvalue weighted by Crippen LogP contribution is 2.37. The third kappa shape index (κ3) is 3.25. The molecule has 28 heavy (non-hydrogen) atoms. The van der Waals surface area contributed by atoms with Crippen LogP contribution < -0.4 is 4.74 Å². The molecule has 2 heterocycles. The molecule has 4 rings (SSSR count). The standard InChI is InChI=1S/C19H17F3N2O4/c20-19(21,22)28-13-5-3-4-11(8-13)16(25)23-9-12(10-23)24-17(26)14-6-1-2-7-15(14)18(24)27/h1-5,8,12,14-15H,6-7,9-10H2. The van der Waals surface area contributed by atoms with Gasteiger partial charge in [-0.25, -0.2) is 0 Å². The molecule has 0 spiro atoms. The number of alkyl halides is 3. The normalized spacial score (nSPS) is 25.0. The van der Waals surface area contributed by atoms with E-state index in [1.54, 1.807) is 0 Å². The lowest BCUT2D eigenvalue weighted by atomic mass is 9.85. The van der Waals surface area contributed by atoms with Gasteiger partial charge < -0.3 is 9.64 Å². The van der Waals surface area contributed by atoms with Crippen molar-refractivity contribution < 1.29 is 32.3 Å². The Kier molecular flexibility index (Phi) is 4.40. The number of benzene rings is 1. The molecule has 0 saturated carbocycles. The summed E-state index contributed by atoms with van der Waals surface area (Å²) in [5.41, 5.74) is 0.0529. The van der Waals surface area contributed by atoms with Crippen LogP contribution in [0, 0.1) is 11.8 Å². The van der Waals surface area contributed by atoms with Crippen LogP contribution in [0.5, 0.6) is 5.75 Å². The van der Waals surface area contributed by atoms with Crippen LogP contribution in [0.1, 0.15) is 23.2 Å². The molecule has 2 unspecified atom stereocenters. The van der Waals surface area contributed by atoms with Gasteiger partial charge in [-0.2, -0.15) is 0 Å². The zero-order valence-corrected chi connectivity index (χ0v) is 14.7. The summed E-state index contributed by atoms with van der Waals surface area (Å²) < 4.78 is 40.9. The van der Waals surface area contributed by atoms with Crippen LogP contribution in [0.15, 0.2) is 36.4 Å². The van der Waals surface area contributed by atoms with E-state index < -0.39 is 18.0 Å². The van der Waals surface area contributed by atoms with Crippen molar-refractivity contribution in [2.75, 3.05) is 13.1 Å². The second kappa shape index (κ2) is 6.65. The van der Waals surface area contributed by atoms with Crippen LogP contribution in [-0.2, 0) is 9.59 Å². The van der Waals surface area contributed by atoms with E-state index in [1.165, 1.54) is 21.9 Å². The van der Waals surface area contributed by atoms with E-state index in [2.05, 4.69) is 4.74 Å². The highest BCUT2D eigenvalue weighted by atomic mass is 19.4. The maximum Gasteiger partial charge on any atom is 0.573 e. The number of amides is 3. The Balaban J connectivity index is 1.40. The van der Waals surface area contributed by atoms with Gasteiger partial charge in [-0.15, -0.1) is 13.2 Å². The van der Waals surface area contributed by atoms with E-state index in [-0.39, 0.29) is 48.3 Å². The summed E-state index contributed by atoms with van der Waals surface area (Å²) in [6.45, 7) is 0.348. The van der Waals surface area contributed by atoms with Crippen molar-refractivity contribution >= 4 is 17.7 Å². The van der Waals surface area contributed by atoms with Crippen molar-refractivity contribution in [2.45, 2.75) is 25.2 Å². The predicted octanol–water partition coefficient (Wildman–Crippen LogP) is 2.36. The first-order chi connectivity index (χ1) is 13.2. The molecule has 2 atom stereocenters. The van der Waals surface area contributed by atoms with Crippen molar-refractivity contribution in [3.63, 3.8) is 0 Å². The maximum atomic E-state index is 12.6. The van der Waals surface area contributed by atoms with Gasteiger partial charge in [-0.05, 0) is 31.0 Å². The van der Waals surface area contributed by atoms with Gasteiger partial charge in [0.1, 0.15) is 5.75 Å². The molecule has 0 bridgehead atoms. The average Bonchev–Trinajstić information content (AvgIpc) is 2.85. The number of rotatable bonds is 3. The van der Waals surface area contributed by atoms with Crippen LogP contribution >= 0.6 is 0 Å². The lowest BCUT2D eigenvalue weighted by Gasteiger charge is -2.43. The number of carbonyl (C=O) groups is 3. The SMILES string of the molecule is O=C(c1cccc(OC(F)(F)F)c1)N1CC(N2C(=O)C3CC=CCC3C2=O)C1. The van der Waals surface area contributed by atoms with E-state index in [0.717, 1.165) is 12.1 Å². The minimum atomic E-state index is -4.84. The van der Waals surface area contributed by atoms with Crippen LogP contribution in [-0.4, -0.2) is 53.0 Å². The van der Waals surface area contributed by atoms with E-state index in [4.69, 9.17) is 0 Å². The molecule has 1 aromatic rings. The highest BCUT2D eigenvalue weighted by Gasteiger charge is 2.52. The van der Waals surface area contributed by atoms with Gasteiger partial charge in [0.2, 0.25) is 11.8 Å². The van der Waals surface area contributed by atoms with Gasteiger partial charge in [0.25, 0.3) is 5.91 Å². The largest absolute Gasteiger partial charge is 0.573 e. The number of halogens is 3. The quantitative estimate of drug-likeness (QED) is 0.583. The fourth-order valence-corrected chi connectivity index (χ4v) is 3.98. The van der Waals surface area contributed by atoms with Gasteiger partial charge in [-0.1, -0.05) is 18.2 Å². The number of allylic oxidation sites excluding steroid dienone is 2. The highest BCUT2D eigenvalue weighted by molar-refractivity contribution is 6.06. The second-order valence-corrected chi connectivity index (χ2v) is 7.14. The molecule has 6 nitrogen and oxygen atoms in total. The van der Waals surface area contributed by atoms with Gasteiger partial charge in [0.05, 0.1) is 17.9 Å². The van der Waals surface area contributed by atoms with Crippen LogP contribution in [0.3, 0.4) is 0 Å². The van der Waals surface area contributed by atoms with Gasteiger partial charge >= 0.3 is 6.36 Å². The van der Waals surface area contributed by atoms with E-state index in [9.17, 15) is 27.6 Å². The fraction of sp³-hybridized carbons (Fsp3) is 0.421. The molecule has 1 aliphatic carbocycles. The Morgan fingerprint density at radius 1 is 1.04 bits per heavy atom. The molecule has 2 saturated heterocycles. The van der Waals surface area contributed by atoms with Crippen molar-refractivity contribution in [3.05, 3.63) is 42.0 Å². The third-order valence-corrected chi connectivity index (χ3v) is 5.37. The van der Waals surface area contributed by atoms with Crippen LogP contribution in [0.4, 0.5) is 13.2 Å². The second-order valence-electron chi connectivity index (χ2n) is 7.14. The zero-order chi connectivity index (χ0) is 20.1. The Labute approximate surface area is 158 Å². The Hall–Kier alpha value is -2.84. The number of imide groups is 1. The van der Waals surface area contributed by atoms with Crippen LogP contribution in [0.2, 0.25) is 0 Å². The number of nitrogens with zero attached hydrogens (tertiary/aromatic N) is 2. The molecule has 2 fully saturated rings. The van der Waals surface area contributed by atoms with Gasteiger partial charge in [0, 0.05) is 18.7 Å². The minimum Gasteiger partial charge on any atom is -0.406 e. The molecule has 9 heteroatoms. The lowest BCUT2D eigenvalue weighted by molar-refractivity contribution is -0.274. The number of hydrogen-bond acceptors (Lipinski definition) is 4. The third-order valence-electron chi connectivity index (χ3n) is 5.37. The monoisotopic (exact) mass is 394 g/mol. The van der Waals surface area contributed by atoms with E-state index in [1.807, 2.05) is 12.2 Å². The molecular formula is C19H17F3N2O4. The summed E-state index contributed by atoms with van der Waals surface area (Å²) in [5.74, 6) is -1.98. The Morgan fingerprint density at radius 3 is 2.21 bits per heavy atom. The summed E-state index contributed by atoms with van der Waals surface area (Å²) in [7, 11) is 0. The summed E-state index contributed by atoms with van der Waals surface area (Å²) >= 11 is 0. The van der Waals surface area contributed by atoms with Crippen molar-refractivity contribution in [1.82, 2.24) is 9.80 Å². The smallest absolute Gasteiger partial charge is 0.406 e. The number of fused-ring (bicyclic) bond motifs is 1. The van der Waals surface area contributed by atoms with Crippen molar-refractivity contribution in [1.29, 1.82) is 0 Å². The molecule has 0 N–H and O–H groups in total. The maximum absolute atomic E-state index is 12.6. The number of ether oxygens (including phenoxy) is 1. The molecular weight excluding hydrogens is 377 g/mol. The molecule has 0 aromatic heterocycles. The van der Waals surface area contributed by atoms with E-state index in [0.29, 0.717) is 12.8 Å². The summed E-state index contributed by atoms with van der Waals surface area (Å²) in [5, 5.41) is 0. The molecule has 1 aromatic carbocycles. The number of likely N-dealkylation sites (tertiary alicyclic amines) is 2. The first-order valence-corrected chi connectivity index (χ1v) is 8.91. The Morgan fingerprint density at radius 2 is 1.64 bits per heavy atom. The van der Waals surface area contributed by atoms with Crippen LogP contribution in [0.25, 0.3) is 0 Å². The average molecular weight is 394 g/mol. The number of hydrogen-bond donors (Lipinski definition) is 0. The topological polar surface area (TPSA) is 66.9 Å². The molecule has 3 aliphatic rings. The molecule has 3 amide bonds. The minimum absolute atomic E-state index is 0.0529. The molecule has 0 radical (unpaired) electrons. The van der Waals surface area contributed by atoms with Gasteiger partial charge in [0.15, 0.2) is 0 Å². The molecule has 2 aliphatic heterocycles. The summed E-state index contributed by atoms with van der Waals surface area (Å²) in [4.78, 5) is 40.3. The predicted molar refractivity (Wildman–Crippen MR) is 90.0 cm³/mol. The first kappa shape index (κ1) is 18.5. The van der Waals surface area contributed by atoms with E-state index >= 15 is 0 Å². The lowest BCUT2D eigenvalue weighted by Crippen LogP contribution is -2.62. The van der Waals surface area contributed by atoms with Crippen molar-refractivity contribution in [3.8, 4) is 5.75 Å². The fourth-order valence-electron chi connectivity index (χ4n) is 3.98. The summed E-state index contributed by atoms with van der Waals surface area (Å²) in [6, 6.07) is 4.45. The van der Waals surface area contributed by atoms with Gasteiger partial charge in [-0.3, -0.25) is 19.3 Å². The Bertz CT molecular complexity index is 835. The molecule has 148 valence electrons. The first-order valence-electron chi connectivity index (χ1n) is 8.91. The summed E-state index contributed by atoms with van der Waals surface area (Å²) in [6.07, 6.45) is 0.0662.